The first-order valence-electron chi connectivity index (χ1n) is 19.2. The molecule has 7 aromatic rings. The van der Waals surface area contributed by atoms with E-state index in [1.165, 1.54) is 98.3 Å². The third-order valence-corrected chi connectivity index (χ3v) is 13.0. The van der Waals surface area contributed by atoms with Crippen LogP contribution in [0.5, 0.6) is 0 Å². The van der Waals surface area contributed by atoms with E-state index < -0.39 is 0 Å². The smallest absolute Gasteiger partial charge is 0.249 e. The summed E-state index contributed by atoms with van der Waals surface area (Å²) in [6.45, 7) is 23.4. The van der Waals surface area contributed by atoms with E-state index in [4.69, 9.17) is 0 Å². The highest BCUT2D eigenvalue weighted by molar-refractivity contribution is 8.00. The van der Waals surface area contributed by atoms with Crippen molar-refractivity contribution in [2.45, 2.75) is 95.3 Å². The van der Waals surface area contributed by atoms with E-state index in [1.54, 1.807) is 0 Å². The number of fused-ring (bicyclic) bond motifs is 7. The van der Waals surface area contributed by atoms with Crippen LogP contribution >= 0.6 is 11.8 Å². The fourth-order valence-corrected chi connectivity index (χ4v) is 9.92. The van der Waals surface area contributed by atoms with Gasteiger partial charge in [-0.15, -0.1) is 0 Å². The molecule has 0 saturated heterocycles. The quantitative estimate of drug-likeness (QED) is 0.128. The zero-order chi connectivity index (χ0) is 37.4. The van der Waals surface area contributed by atoms with Gasteiger partial charge in [-0.1, -0.05) is 122 Å². The highest BCUT2D eigenvalue weighted by Gasteiger charge is 2.41. The second-order valence-corrected chi connectivity index (χ2v) is 19.8. The van der Waals surface area contributed by atoms with Gasteiger partial charge < -0.3 is 4.57 Å². The summed E-state index contributed by atoms with van der Waals surface area (Å²) < 4.78 is 4.92. The molecule has 4 heteroatoms. The molecule has 4 heterocycles. The Kier molecular flexibility index (Phi) is 7.42. The van der Waals surface area contributed by atoms with Gasteiger partial charge in [-0.2, -0.15) is 0 Å². The van der Waals surface area contributed by atoms with E-state index in [2.05, 4.69) is 189 Å². The second-order valence-electron chi connectivity index (χ2n) is 18.7. The normalized spacial score (nSPS) is 13.8. The van der Waals surface area contributed by atoms with Crippen molar-refractivity contribution < 1.29 is 4.57 Å². The van der Waals surface area contributed by atoms with Crippen molar-refractivity contribution in [2.24, 2.45) is 7.05 Å². The van der Waals surface area contributed by atoms with Gasteiger partial charge in [0.2, 0.25) is 12.4 Å². The molecule has 53 heavy (non-hydrogen) atoms. The molecule has 264 valence electrons. The molecule has 0 atom stereocenters. The Bertz CT molecular complexity index is 2670. The van der Waals surface area contributed by atoms with Crippen LogP contribution in [-0.4, -0.2) is 11.3 Å². The number of benzene rings is 5. The number of pyridine rings is 1. The molecule has 2 nitrogen and oxygen atoms in total. The maximum absolute atomic E-state index is 2.62. The second kappa shape index (κ2) is 11.5. The lowest BCUT2D eigenvalue weighted by molar-refractivity contribution is -0.659. The van der Waals surface area contributed by atoms with Gasteiger partial charge in [0.05, 0.1) is 5.52 Å². The molecule has 0 radical (unpaired) electrons. The molecule has 2 aliphatic rings. The number of hydrogen-bond donors (Lipinski definition) is 0. The lowest BCUT2D eigenvalue weighted by Crippen LogP contribution is -2.59. The first-order chi connectivity index (χ1) is 25.0. The van der Waals surface area contributed by atoms with Gasteiger partial charge in [-0.05, 0) is 110 Å². The maximum Gasteiger partial charge on any atom is 0.249 e. The minimum Gasteiger partial charge on any atom is -0.310 e. The molecule has 9 rings (SSSR count). The highest BCUT2D eigenvalue weighted by atomic mass is 32.2. The Balaban J connectivity index is 1.38. The molecule has 0 amide bonds. The molecule has 2 aromatic heterocycles. The standard InChI is InChI=1S/C49H50BN2S/c1-29-14-12-13-15-35(29)40-19-16-30(28-51(40)11)31-22-42-45-44(23-31)53-43-21-18-33(48(5,6)7)26-38(43)50(45)39-27-34(49(8,9)10)25-37-36-24-32(47(2,3)4)17-20-41(36)52(42)46(37)39/h12-28H,1-11H3/q+1. The number of nitrogens with zero attached hydrogens (tertiary/aromatic N) is 2. The predicted molar refractivity (Wildman–Crippen MR) is 229 cm³/mol. The minimum atomic E-state index is 0.00714. The zero-order valence-corrected chi connectivity index (χ0v) is 34.0. The van der Waals surface area contributed by atoms with Crippen molar-refractivity contribution in [1.29, 1.82) is 0 Å². The summed E-state index contributed by atoms with van der Waals surface area (Å²) in [6, 6.07) is 37.8. The van der Waals surface area contributed by atoms with Crippen LogP contribution in [0.15, 0.2) is 113 Å². The first kappa shape index (κ1) is 34.2. The van der Waals surface area contributed by atoms with E-state index in [-0.39, 0.29) is 23.0 Å². The van der Waals surface area contributed by atoms with Crippen molar-refractivity contribution in [3.63, 3.8) is 0 Å². The number of hydrogen-bond acceptors (Lipinski definition) is 1. The molecule has 0 N–H and O–H groups in total. The largest absolute Gasteiger partial charge is 0.310 e. The van der Waals surface area contributed by atoms with Gasteiger partial charge in [-0.25, -0.2) is 4.57 Å². The van der Waals surface area contributed by atoms with E-state index >= 15 is 0 Å². The lowest BCUT2D eigenvalue weighted by Gasteiger charge is -2.35. The van der Waals surface area contributed by atoms with Crippen molar-refractivity contribution in [3.05, 3.63) is 126 Å². The van der Waals surface area contributed by atoms with E-state index in [9.17, 15) is 0 Å². The molecular weight excluding hydrogens is 659 g/mol. The predicted octanol–water partition coefficient (Wildman–Crippen LogP) is 10.4. The molecule has 0 fully saturated rings. The van der Waals surface area contributed by atoms with Crippen LogP contribution in [0.4, 0.5) is 0 Å². The summed E-state index contributed by atoms with van der Waals surface area (Å²) >= 11 is 1.95. The minimum absolute atomic E-state index is 0.00714. The first-order valence-corrected chi connectivity index (χ1v) is 20.0. The monoisotopic (exact) mass is 709 g/mol. The summed E-state index contributed by atoms with van der Waals surface area (Å²) in [4.78, 5) is 2.73. The fraction of sp³-hybridized carbons (Fsp3) is 0.286. The topological polar surface area (TPSA) is 8.81 Å². The molecule has 0 spiro atoms. The van der Waals surface area contributed by atoms with Crippen LogP contribution in [0.3, 0.4) is 0 Å². The van der Waals surface area contributed by atoms with Crippen LogP contribution in [-0.2, 0) is 23.3 Å². The molecule has 0 aliphatic carbocycles. The van der Waals surface area contributed by atoms with Crippen molar-refractivity contribution in [3.8, 4) is 28.1 Å². The lowest BCUT2D eigenvalue weighted by atomic mass is 9.35. The summed E-state index contributed by atoms with van der Waals surface area (Å²) in [5.74, 6) is 0. The fourth-order valence-electron chi connectivity index (χ4n) is 8.74. The van der Waals surface area contributed by atoms with Crippen LogP contribution in [0, 0.1) is 6.92 Å². The van der Waals surface area contributed by atoms with E-state index in [0.29, 0.717) is 0 Å². The summed E-state index contributed by atoms with van der Waals surface area (Å²) in [6.07, 6.45) is 2.32. The molecular formula is C49H50BN2S+. The van der Waals surface area contributed by atoms with Gasteiger partial charge in [0.1, 0.15) is 7.05 Å². The van der Waals surface area contributed by atoms with Crippen molar-refractivity contribution in [1.82, 2.24) is 4.57 Å². The van der Waals surface area contributed by atoms with Crippen molar-refractivity contribution in [2.75, 3.05) is 0 Å². The van der Waals surface area contributed by atoms with Gasteiger partial charge in [0.25, 0.3) is 0 Å². The SMILES string of the molecule is Cc1ccccc1-c1ccc(-c2cc3c4c(c2)-n2c5ccc(C(C)(C)C)cc5c5cc(C(C)(C)C)cc(c52)B4c2cc(C(C)(C)C)ccc2S3)c[n+]1C. The van der Waals surface area contributed by atoms with Gasteiger partial charge in [0, 0.05) is 49.0 Å². The Morgan fingerprint density at radius 2 is 1.26 bits per heavy atom. The Labute approximate surface area is 320 Å². The molecule has 0 bridgehead atoms. The summed E-state index contributed by atoms with van der Waals surface area (Å²) in [7, 11) is 2.18. The maximum atomic E-state index is 2.62. The Morgan fingerprint density at radius 1 is 0.604 bits per heavy atom. The van der Waals surface area contributed by atoms with Crippen LogP contribution in [0.1, 0.15) is 84.6 Å². The molecule has 0 unspecified atom stereocenters. The van der Waals surface area contributed by atoms with Gasteiger partial charge in [-0.3, -0.25) is 0 Å². The van der Waals surface area contributed by atoms with E-state index in [1.807, 2.05) is 11.8 Å². The zero-order valence-electron chi connectivity index (χ0n) is 33.2. The van der Waals surface area contributed by atoms with Crippen LogP contribution < -0.4 is 21.0 Å². The van der Waals surface area contributed by atoms with Crippen LogP contribution in [0.25, 0.3) is 49.9 Å². The van der Waals surface area contributed by atoms with E-state index in [0.717, 1.165) is 0 Å². The highest BCUT2D eigenvalue weighted by Crippen LogP contribution is 2.43. The van der Waals surface area contributed by atoms with Gasteiger partial charge in [0.15, 0.2) is 6.20 Å². The number of aryl methyl sites for hydroxylation is 2. The number of rotatable bonds is 2. The third-order valence-electron chi connectivity index (χ3n) is 11.9. The average Bonchev–Trinajstić information content (AvgIpc) is 3.43. The Hall–Kier alpha value is -4.54. The average molecular weight is 710 g/mol. The van der Waals surface area contributed by atoms with Gasteiger partial charge >= 0.3 is 0 Å². The van der Waals surface area contributed by atoms with Crippen LogP contribution in [0.2, 0.25) is 0 Å². The number of aromatic nitrogens is 2. The Morgan fingerprint density at radius 3 is 1.96 bits per heavy atom. The molecule has 5 aromatic carbocycles. The summed E-state index contributed by atoms with van der Waals surface area (Å²) in [5, 5.41) is 2.72. The molecule has 2 aliphatic heterocycles. The molecule has 0 saturated carbocycles. The summed E-state index contributed by atoms with van der Waals surface area (Å²) in [5.41, 5.74) is 18.8. The van der Waals surface area contributed by atoms with Crippen molar-refractivity contribution >= 4 is 56.7 Å². The third kappa shape index (κ3) is 5.35.